The van der Waals surface area contributed by atoms with Gasteiger partial charge in [0.05, 0.1) is 10.6 Å². The van der Waals surface area contributed by atoms with Crippen LogP contribution in [-0.4, -0.2) is 20.2 Å². The first-order valence-corrected chi connectivity index (χ1v) is 9.57. The zero-order valence-corrected chi connectivity index (χ0v) is 14.8. The monoisotopic (exact) mass is 378 g/mol. The lowest BCUT2D eigenvalue weighted by atomic mass is 10.1. The molecule has 4 heterocycles. The van der Waals surface area contributed by atoms with Gasteiger partial charge in [-0.05, 0) is 60.7 Å². The van der Waals surface area contributed by atoms with Crippen LogP contribution in [0.4, 0.5) is 11.4 Å². The molecule has 7 rings (SSSR count). The SMILES string of the molecule is O=C1Nc2ccc(cc2)N(S(=O)(=O)c2ccccc2)C(=O)c2ccc1cc2. The first-order chi connectivity index (χ1) is 13.0. The van der Waals surface area contributed by atoms with Crippen molar-refractivity contribution in [2.45, 2.75) is 4.90 Å². The zero-order valence-electron chi connectivity index (χ0n) is 14.0. The summed E-state index contributed by atoms with van der Waals surface area (Å²) in [6, 6.07) is 19.7. The van der Waals surface area contributed by atoms with Gasteiger partial charge in [0.2, 0.25) is 0 Å². The Morgan fingerprint density at radius 3 is 1.93 bits per heavy atom. The van der Waals surface area contributed by atoms with E-state index in [-0.39, 0.29) is 22.1 Å². The zero-order chi connectivity index (χ0) is 19.0. The van der Waals surface area contributed by atoms with Crippen LogP contribution < -0.4 is 9.62 Å². The molecule has 4 bridgehead atoms. The molecule has 2 amide bonds. The van der Waals surface area contributed by atoms with Crippen LogP contribution in [0.5, 0.6) is 0 Å². The van der Waals surface area contributed by atoms with E-state index in [2.05, 4.69) is 5.32 Å². The number of carbonyl (C=O) groups is 2. The second-order valence-electron chi connectivity index (χ2n) is 5.97. The Morgan fingerprint density at radius 1 is 0.704 bits per heavy atom. The lowest BCUT2D eigenvalue weighted by molar-refractivity contribution is 0.0999. The van der Waals surface area contributed by atoms with Gasteiger partial charge in [-0.1, -0.05) is 18.2 Å². The van der Waals surface area contributed by atoms with Gasteiger partial charge in [-0.15, -0.1) is 0 Å². The Hall–Kier alpha value is -3.45. The molecular weight excluding hydrogens is 364 g/mol. The fourth-order valence-electron chi connectivity index (χ4n) is 2.83. The predicted molar refractivity (Wildman–Crippen MR) is 101 cm³/mol. The van der Waals surface area contributed by atoms with Gasteiger partial charge in [0.15, 0.2) is 0 Å². The number of nitrogens with zero attached hydrogens (tertiary/aromatic N) is 1. The van der Waals surface area contributed by atoms with E-state index in [9.17, 15) is 18.0 Å². The smallest absolute Gasteiger partial charge is 0.272 e. The lowest BCUT2D eigenvalue weighted by Gasteiger charge is -2.23. The molecule has 1 N–H and O–H groups in total. The summed E-state index contributed by atoms with van der Waals surface area (Å²) in [4.78, 5) is 25.3. The van der Waals surface area contributed by atoms with Crippen molar-refractivity contribution in [2.75, 3.05) is 9.62 Å². The van der Waals surface area contributed by atoms with Gasteiger partial charge >= 0.3 is 0 Å². The maximum atomic E-state index is 13.2. The molecule has 0 aliphatic carbocycles. The van der Waals surface area contributed by atoms with E-state index in [1.54, 1.807) is 30.3 Å². The van der Waals surface area contributed by atoms with Crippen LogP contribution in [0.25, 0.3) is 0 Å². The van der Waals surface area contributed by atoms with Crippen molar-refractivity contribution in [1.82, 2.24) is 0 Å². The molecule has 0 fully saturated rings. The topological polar surface area (TPSA) is 83.6 Å². The average molecular weight is 378 g/mol. The van der Waals surface area contributed by atoms with E-state index in [0.29, 0.717) is 11.3 Å². The van der Waals surface area contributed by atoms with Crippen molar-refractivity contribution < 1.29 is 18.0 Å². The summed E-state index contributed by atoms with van der Waals surface area (Å²) >= 11 is 0. The van der Waals surface area contributed by atoms with Crippen LogP contribution in [-0.2, 0) is 10.0 Å². The maximum absolute atomic E-state index is 13.2. The van der Waals surface area contributed by atoms with Gasteiger partial charge in [-0.3, -0.25) is 9.59 Å². The van der Waals surface area contributed by atoms with E-state index in [0.717, 1.165) is 4.31 Å². The molecular formula is C20H14N2O4S. The highest BCUT2D eigenvalue weighted by Crippen LogP contribution is 2.28. The first kappa shape index (κ1) is 17.0. The number of hydrogen-bond donors (Lipinski definition) is 1. The number of amides is 2. The van der Waals surface area contributed by atoms with Crippen LogP contribution >= 0.6 is 0 Å². The average Bonchev–Trinajstić information content (AvgIpc) is 2.69. The molecule has 0 unspecified atom stereocenters. The summed E-state index contributed by atoms with van der Waals surface area (Å²) in [5, 5.41) is 2.73. The summed E-state index contributed by atoms with van der Waals surface area (Å²) < 4.78 is 27.2. The predicted octanol–water partition coefficient (Wildman–Crippen LogP) is 3.29. The third-order valence-corrected chi connectivity index (χ3v) is 5.94. The summed E-state index contributed by atoms with van der Waals surface area (Å²) in [6.07, 6.45) is 0. The van der Waals surface area contributed by atoms with Crippen molar-refractivity contribution >= 4 is 33.2 Å². The molecule has 0 spiro atoms. The number of benzene rings is 3. The maximum Gasteiger partial charge on any atom is 0.272 e. The normalized spacial score (nSPS) is 13.9. The van der Waals surface area contributed by atoms with Gasteiger partial charge < -0.3 is 5.32 Å². The Balaban J connectivity index is 1.93. The molecule has 134 valence electrons. The fourth-order valence-corrected chi connectivity index (χ4v) is 4.26. The van der Waals surface area contributed by atoms with Crippen molar-refractivity contribution in [1.29, 1.82) is 0 Å². The van der Waals surface area contributed by atoms with E-state index in [4.69, 9.17) is 0 Å². The number of rotatable bonds is 2. The molecule has 0 radical (unpaired) electrons. The van der Waals surface area contributed by atoms with Crippen LogP contribution in [0.1, 0.15) is 20.7 Å². The molecule has 27 heavy (non-hydrogen) atoms. The van der Waals surface area contributed by atoms with Crippen molar-refractivity contribution in [3.63, 3.8) is 0 Å². The summed E-state index contributed by atoms with van der Waals surface area (Å²) in [7, 11) is -4.12. The third kappa shape index (κ3) is 2.98. The van der Waals surface area contributed by atoms with Gasteiger partial charge in [-0.25, -0.2) is 8.42 Å². The Bertz CT molecular complexity index is 1120. The minimum Gasteiger partial charge on any atom is -0.322 e. The number of sulfonamides is 1. The Labute approximate surface area is 156 Å². The van der Waals surface area contributed by atoms with Crippen LogP contribution in [0, 0.1) is 0 Å². The van der Waals surface area contributed by atoms with E-state index in [1.165, 1.54) is 48.5 Å². The lowest BCUT2D eigenvalue weighted by Crippen LogP contribution is -2.37. The molecule has 7 heteroatoms. The van der Waals surface area contributed by atoms with E-state index >= 15 is 0 Å². The molecule has 0 saturated heterocycles. The van der Waals surface area contributed by atoms with Gasteiger partial charge in [0.1, 0.15) is 0 Å². The molecule has 4 aliphatic rings. The number of nitrogens with one attached hydrogen (secondary N) is 1. The fraction of sp³-hybridized carbons (Fsp3) is 0. The Morgan fingerprint density at radius 2 is 1.30 bits per heavy atom. The molecule has 0 atom stereocenters. The molecule has 3 aromatic rings. The number of carbonyl (C=O) groups excluding carboxylic acids is 2. The molecule has 0 saturated carbocycles. The van der Waals surface area contributed by atoms with Crippen molar-refractivity contribution in [3.05, 3.63) is 90.0 Å². The largest absolute Gasteiger partial charge is 0.322 e. The summed E-state index contributed by atoms with van der Waals surface area (Å²) in [6.45, 7) is 0. The highest BCUT2D eigenvalue weighted by molar-refractivity contribution is 7.93. The van der Waals surface area contributed by atoms with Gasteiger partial charge in [0, 0.05) is 16.8 Å². The minimum absolute atomic E-state index is 0.0134. The van der Waals surface area contributed by atoms with Gasteiger partial charge in [-0.2, -0.15) is 4.31 Å². The second-order valence-corrected chi connectivity index (χ2v) is 7.75. The molecule has 4 aliphatic heterocycles. The van der Waals surface area contributed by atoms with Crippen molar-refractivity contribution in [2.24, 2.45) is 0 Å². The van der Waals surface area contributed by atoms with E-state index in [1.807, 2.05) is 0 Å². The standard InChI is InChI=1S/C20H14N2O4S/c23-19-14-6-8-15(9-7-14)20(24)22(17-12-10-16(21-19)11-13-17)27(25,26)18-4-2-1-3-5-18/h1-13H,(H,21,23). The van der Waals surface area contributed by atoms with Crippen molar-refractivity contribution in [3.8, 4) is 0 Å². The Kier molecular flexibility index (Phi) is 4.01. The van der Waals surface area contributed by atoms with Crippen LogP contribution in [0.15, 0.2) is 83.8 Å². The highest BCUT2D eigenvalue weighted by Gasteiger charge is 2.32. The van der Waals surface area contributed by atoms with Gasteiger partial charge in [0.25, 0.3) is 21.8 Å². The second kappa shape index (κ2) is 6.37. The highest BCUT2D eigenvalue weighted by atomic mass is 32.2. The minimum atomic E-state index is -4.12. The number of anilines is 2. The number of hydrogen-bond acceptors (Lipinski definition) is 4. The molecule has 3 aromatic carbocycles. The molecule has 6 nitrogen and oxygen atoms in total. The molecule has 0 aromatic heterocycles. The summed E-state index contributed by atoms with van der Waals surface area (Å²) in [5.74, 6) is -1.00. The quantitative estimate of drug-likeness (QED) is 0.742. The van der Waals surface area contributed by atoms with Crippen LogP contribution in [0.3, 0.4) is 0 Å². The van der Waals surface area contributed by atoms with E-state index < -0.39 is 15.9 Å². The first-order valence-electron chi connectivity index (χ1n) is 8.13. The summed E-state index contributed by atoms with van der Waals surface area (Å²) in [5.41, 5.74) is 1.22. The third-order valence-electron chi connectivity index (χ3n) is 4.22. The van der Waals surface area contributed by atoms with Crippen LogP contribution in [0.2, 0.25) is 0 Å².